The van der Waals surface area contributed by atoms with Crippen molar-refractivity contribution in [1.29, 1.82) is 5.26 Å². The molecular formula is C10H20N2O. The average molecular weight is 184 g/mol. The van der Waals surface area contributed by atoms with Gasteiger partial charge in [-0.25, -0.2) is 0 Å². The number of rotatable bonds is 6. The molecule has 0 fully saturated rings. The molecule has 1 atom stereocenters. The Labute approximate surface area is 81.1 Å². The highest BCUT2D eigenvalue weighted by Crippen LogP contribution is 2.14. The van der Waals surface area contributed by atoms with Crippen molar-refractivity contribution in [3.63, 3.8) is 0 Å². The number of nitrogens with one attached hydrogen (secondary N) is 1. The Morgan fingerprint density at radius 3 is 2.62 bits per heavy atom. The first-order valence-electron chi connectivity index (χ1n) is 4.67. The van der Waals surface area contributed by atoms with Gasteiger partial charge in [0.25, 0.3) is 0 Å². The SMILES string of the molecule is COC(C)(C)CC(C)NCCC#N. The zero-order valence-electron chi connectivity index (χ0n) is 9.05. The van der Waals surface area contributed by atoms with Crippen LogP contribution in [0.1, 0.15) is 33.6 Å². The standard InChI is InChI=1S/C10H20N2O/c1-9(12-7-5-6-11)8-10(2,3)13-4/h9,12H,5,7-8H2,1-4H3. The summed E-state index contributed by atoms with van der Waals surface area (Å²) in [6.07, 6.45) is 1.52. The average Bonchev–Trinajstić information content (AvgIpc) is 2.04. The zero-order valence-corrected chi connectivity index (χ0v) is 9.05. The van der Waals surface area contributed by atoms with Gasteiger partial charge in [-0.05, 0) is 27.2 Å². The molecule has 3 nitrogen and oxygen atoms in total. The minimum absolute atomic E-state index is 0.0843. The van der Waals surface area contributed by atoms with E-state index in [1.807, 2.05) is 0 Å². The summed E-state index contributed by atoms with van der Waals surface area (Å²) >= 11 is 0. The molecule has 0 aliphatic heterocycles. The van der Waals surface area contributed by atoms with Crippen LogP contribution >= 0.6 is 0 Å². The summed E-state index contributed by atoms with van der Waals surface area (Å²) in [5, 5.41) is 11.6. The molecule has 3 heteroatoms. The molecule has 0 spiro atoms. The van der Waals surface area contributed by atoms with Gasteiger partial charge in [-0.1, -0.05) is 0 Å². The van der Waals surface area contributed by atoms with E-state index in [2.05, 4.69) is 32.2 Å². The monoisotopic (exact) mass is 184 g/mol. The van der Waals surface area contributed by atoms with Crippen LogP contribution < -0.4 is 5.32 Å². The van der Waals surface area contributed by atoms with Gasteiger partial charge < -0.3 is 10.1 Å². The Kier molecular flexibility index (Phi) is 5.68. The smallest absolute Gasteiger partial charge is 0.0637 e. The van der Waals surface area contributed by atoms with Crippen LogP contribution in [0.4, 0.5) is 0 Å². The Morgan fingerprint density at radius 2 is 2.15 bits per heavy atom. The number of ether oxygens (including phenoxy) is 1. The van der Waals surface area contributed by atoms with Crippen molar-refractivity contribution < 1.29 is 4.74 Å². The fraction of sp³-hybridized carbons (Fsp3) is 0.900. The Balaban J connectivity index is 3.62. The van der Waals surface area contributed by atoms with Gasteiger partial charge in [-0.3, -0.25) is 0 Å². The lowest BCUT2D eigenvalue weighted by molar-refractivity contribution is 0.00867. The molecule has 0 aromatic carbocycles. The second-order valence-electron chi connectivity index (χ2n) is 3.93. The van der Waals surface area contributed by atoms with E-state index in [9.17, 15) is 0 Å². The second-order valence-corrected chi connectivity index (χ2v) is 3.93. The van der Waals surface area contributed by atoms with Gasteiger partial charge in [0.05, 0.1) is 11.7 Å². The van der Waals surface area contributed by atoms with E-state index in [1.165, 1.54) is 0 Å². The van der Waals surface area contributed by atoms with Crippen molar-refractivity contribution in [1.82, 2.24) is 5.32 Å². The van der Waals surface area contributed by atoms with Crippen LogP contribution in [0.5, 0.6) is 0 Å². The maximum atomic E-state index is 8.34. The van der Waals surface area contributed by atoms with Crippen molar-refractivity contribution in [3.05, 3.63) is 0 Å². The van der Waals surface area contributed by atoms with Crippen molar-refractivity contribution in [2.45, 2.75) is 45.3 Å². The first-order chi connectivity index (χ1) is 6.02. The Hall–Kier alpha value is -0.590. The van der Waals surface area contributed by atoms with Crippen molar-refractivity contribution >= 4 is 0 Å². The van der Waals surface area contributed by atoms with Gasteiger partial charge >= 0.3 is 0 Å². The maximum absolute atomic E-state index is 8.34. The van der Waals surface area contributed by atoms with Crippen LogP contribution in [0.3, 0.4) is 0 Å². The summed E-state index contributed by atoms with van der Waals surface area (Å²) in [5.41, 5.74) is -0.0843. The van der Waals surface area contributed by atoms with Gasteiger partial charge in [0.15, 0.2) is 0 Å². The topological polar surface area (TPSA) is 45.0 Å². The third kappa shape index (κ3) is 6.56. The molecule has 0 aromatic rings. The lowest BCUT2D eigenvalue weighted by Crippen LogP contribution is -2.36. The molecule has 0 rings (SSSR count). The minimum atomic E-state index is -0.0843. The van der Waals surface area contributed by atoms with Gasteiger partial charge in [0.1, 0.15) is 0 Å². The normalized spacial score (nSPS) is 13.8. The van der Waals surface area contributed by atoms with Crippen LogP contribution in [0, 0.1) is 11.3 Å². The van der Waals surface area contributed by atoms with Gasteiger partial charge in [-0.2, -0.15) is 5.26 Å². The third-order valence-electron chi connectivity index (χ3n) is 2.08. The van der Waals surface area contributed by atoms with E-state index in [0.29, 0.717) is 12.5 Å². The predicted octanol–water partition coefficient (Wildman–Crippen LogP) is 1.69. The first kappa shape index (κ1) is 12.4. The zero-order chi connectivity index (χ0) is 10.3. The molecule has 0 saturated heterocycles. The van der Waals surface area contributed by atoms with Crippen molar-refractivity contribution in [2.75, 3.05) is 13.7 Å². The van der Waals surface area contributed by atoms with Crippen molar-refractivity contribution in [2.24, 2.45) is 0 Å². The highest BCUT2D eigenvalue weighted by atomic mass is 16.5. The maximum Gasteiger partial charge on any atom is 0.0637 e. The number of hydrogen-bond donors (Lipinski definition) is 1. The molecule has 0 amide bonds. The van der Waals surface area contributed by atoms with Gasteiger partial charge in [0, 0.05) is 26.1 Å². The summed E-state index contributed by atoms with van der Waals surface area (Å²) in [6, 6.07) is 2.50. The fourth-order valence-corrected chi connectivity index (χ4v) is 1.27. The Bertz CT molecular complexity index is 172. The summed E-state index contributed by atoms with van der Waals surface area (Å²) < 4.78 is 5.31. The number of hydrogen-bond acceptors (Lipinski definition) is 3. The highest BCUT2D eigenvalue weighted by Gasteiger charge is 2.19. The highest BCUT2D eigenvalue weighted by molar-refractivity contribution is 4.77. The summed E-state index contributed by atoms with van der Waals surface area (Å²) in [6.45, 7) is 7.00. The molecule has 76 valence electrons. The Morgan fingerprint density at radius 1 is 1.54 bits per heavy atom. The molecule has 0 aliphatic rings. The van der Waals surface area contributed by atoms with Crippen LogP contribution in [-0.4, -0.2) is 25.3 Å². The molecule has 0 saturated carbocycles. The summed E-state index contributed by atoms with van der Waals surface area (Å²) in [7, 11) is 1.72. The molecule has 1 unspecified atom stereocenters. The molecule has 0 heterocycles. The van der Waals surface area contributed by atoms with Crippen LogP contribution in [-0.2, 0) is 4.74 Å². The number of nitrogens with zero attached hydrogens (tertiary/aromatic N) is 1. The summed E-state index contributed by atoms with van der Waals surface area (Å²) in [5.74, 6) is 0. The first-order valence-corrected chi connectivity index (χ1v) is 4.67. The van der Waals surface area contributed by atoms with Crippen LogP contribution in [0.25, 0.3) is 0 Å². The number of nitriles is 1. The third-order valence-corrected chi connectivity index (χ3v) is 2.08. The van der Waals surface area contributed by atoms with Gasteiger partial charge in [-0.15, -0.1) is 0 Å². The lowest BCUT2D eigenvalue weighted by atomic mass is 10.00. The largest absolute Gasteiger partial charge is 0.379 e. The van der Waals surface area contributed by atoms with E-state index >= 15 is 0 Å². The van der Waals surface area contributed by atoms with E-state index < -0.39 is 0 Å². The summed E-state index contributed by atoms with van der Waals surface area (Å²) in [4.78, 5) is 0. The van der Waals surface area contributed by atoms with E-state index in [0.717, 1.165) is 13.0 Å². The molecule has 0 aromatic heterocycles. The molecular weight excluding hydrogens is 164 g/mol. The van der Waals surface area contributed by atoms with E-state index in [4.69, 9.17) is 10.00 Å². The van der Waals surface area contributed by atoms with Crippen LogP contribution in [0.15, 0.2) is 0 Å². The van der Waals surface area contributed by atoms with Crippen LogP contribution in [0.2, 0.25) is 0 Å². The van der Waals surface area contributed by atoms with Gasteiger partial charge in [0.2, 0.25) is 0 Å². The molecule has 0 bridgehead atoms. The number of methoxy groups -OCH3 is 1. The molecule has 13 heavy (non-hydrogen) atoms. The van der Waals surface area contributed by atoms with E-state index in [-0.39, 0.29) is 5.60 Å². The predicted molar refractivity (Wildman–Crippen MR) is 53.4 cm³/mol. The molecule has 0 aliphatic carbocycles. The van der Waals surface area contributed by atoms with Crippen molar-refractivity contribution in [3.8, 4) is 6.07 Å². The minimum Gasteiger partial charge on any atom is -0.379 e. The quantitative estimate of drug-likeness (QED) is 0.639. The molecule has 0 radical (unpaired) electrons. The second kappa shape index (κ2) is 5.95. The fourth-order valence-electron chi connectivity index (χ4n) is 1.27. The lowest BCUT2D eigenvalue weighted by Gasteiger charge is -2.26. The molecule has 1 N–H and O–H groups in total. The van der Waals surface area contributed by atoms with E-state index in [1.54, 1.807) is 7.11 Å².